The number of benzene rings is 3. The van der Waals surface area contributed by atoms with Crippen molar-refractivity contribution < 1.29 is 33.4 Å². The summed E-state index contributed by atoms with van der Waals surface area (Å²) in [5.74, 6) is 1.26. The predicted octanol–water partition coefficient (Wildman–Crippen LogP) is 7.79. The Hall–Kier alpha value is -5.26. The van der Waals surface area contributed by atoms with E-state index in [1.807, 2.05) is 100 Å². The second kappa shape index (κ2) is 17.0. The number of rotatable bonds is 8. The molecule has 1 heterocycles. The number of carbonyl (C=O) groups excluding carboxylic acids is 4. The third kappa shape index (κ3) is 10.4. The van der Waals surface area contributed by atoms with Gasteiger partial charge >= 0.3 is 12.1 Å². The Balaban J connectivity index is 0.000000206. The number of urea groups is 1. The van der Waals surface area contributed by atoms with E-state index < -0.39 is 11.7 Å². The van der Waals surface area contributed by atoms with Gasteiger partial charge in [0.15, 0.2) is 0 Å². The molecule has 12 heteroatoms. The van der Waals surface area contributed by atoms with Crippen LogP contribution in [0, 0.1) is 25.7 Å². The van der Waals surface area contributed by atoms with E-state index in [9.17, 15) is 19.2 Å². The SMILES string of the molecule is COc1cc(NC(=O)[C@@H]2CC[C@H](N3Cc4ccccc4NC3=O)C2)ccc1C.COc1cc(NC(=O)[C@@H]2CC[C@H](NC(=O)OC(C)(C)C)C2)ccc1C. The molecule has 284 valence electrons. The van der Waals surface area contributed by atoms with Gasteiger partial charge in [-0.05, 0) is 108 Å². The number of carbonyl (C=O) groups is 4. The molecular weight excluding hydrogens is 674 g/mol. The van der Waals surface area contributed by atoms with Gasteiger partial charge in [0.05, 0.1) is 14.2 Å². The minimum absolute atomic E-state index is 0.00576. The number of fused-ring (bicyclic) bond motifs is 1. The maximum absolute atomic E-state index is 12.7. The molecule has 3 aromatic rings. The van der Waals surface area contributed by atoms with Gasteiger partial charge in [-0.15, -0.1) is 0 Å². The summed E-state index contributed by atoms with van der Waals surface area (Å²) in [5.41, 5.74) is 4.97. The fourth-order valence-corrected chi connectivity index (χ4v) is 7.11. The second-order valence-electron chi connectivity index (χ2n) is 15.1. The third-order valence-electron chi connectivity index (χ3n) is 9.95. The van der Waals surface area contributed by atoms with Crippen molar-refractivity contribution in [3.63, 3.8) is 0 Å². The Bertz CT molecular complexity index is 1810. The quantitative estimate of drug-likeness (QED) is 0.185. The zero-order chi connectivity index (χ0) is 38.3. The van der Waals surface area contributed by atoms with Gasteiger partial charge in [0.25, 0.3) is 0 Å². The van der Waals surface area contributed by atoms with Crippen LogP contribution in [0.1, 0.15) is 76.0 Å². The molecule has 2 fully saturated rings. The Morgan fingerprint density at radius 3 is 1.92 bits per heavy atom. The molecule has 6 rings (SSSR count). The van der Waals surface area contributed by atoms with E-state index in [-0.39, 0.29) is 41.8 Å². The number of aryl methyl sites for hydroxylation is 2. The summed E-state index contributed by atoms with van der Waals surface area (Å²) in [4.78, 5) is 51.4. The largest absolute Gasteiger partial charge is 0.496 e. The zero-order valence-corrected chi connectivity index (χ0v) is 31.8. The summed E-state index contributed by atoms with van der Waals surface area (Å²) in [6.07, 6.45) is 4.01. The number of methoxy groups -OCH3 is 2. The molecule has 5 amide bonds. The summed E-state index contributed by atoms with van der Waals surface area (Å²) in [6.45, 7) is 9.99. The minimum Gasteiger partial charge on any atom is -0.496 e. The first-order valence-corrected chi connectivity index (χ1v) is 18.3. The Morgan fingerprint density at radius 1 is 0.774 bits per heavy atom. The Morgan fingerprint density at radius 2 is 1.34 bits per heavy atom. The molecule has 53 heavy (non-hydrogen) atoms. The molecule has 0 aromatic heterocycles. The highest BCUT2D eigenvalue weighted by Gasteiger charge is 2.37. The van der Waals surface area contributed by atoms with Gasteiger partial charge in [0, 0.05) is 59.7 Å². The average Bonchev–Trinajstić information content (AvgIpc) is 3.80. The highest BCUT2D eigenvalue weighted by molar-refractivity contribution is 5.95. The van der Waals surface area contributed by atoms with Crippen LogP contribution in [0.4, 0.5) is 26.7 Å². The number of nitrogens with one attached hydrogen (secondary N) is 4. The van der Waals surface area contributed by atoms with Crippen LogP contribution in [0.2, 0.25) is 0 Å². The van der Waals surface area contributed by atoms with Crippen molar-refractivity contribution in [3.8, 4) is 11.5 Å². The first kappa shape index (κ1) is 39.0. The van der Waals surface area contributed by atoms with Crippen molar-refractivity contribution in [2.75, 3.05) is 30.2 Å². The summed E-state index contributed by atoms with van der Waals surface area (Å²) in [7, 11) is 3.23. The molecule has 0 bridgehead atoms. The van der Waals surface area contributed by atoms with Gasteiger partial charge in [-0.3, -0.25) is 9.59 Å². The number of hydrogen-bond donors (Lipinski definition) is 4. The van der Waals surface area contributed by atoms with Crippen LogP contribution in [-0.2, 0) is 20.9 Å². The standard InChI is InChI=1S/C22H25N3O3.C19H28N2O4/c1-14-7-9-17(12-20(14)28-2)23-21(26)15-8-10-18(11-15)25-13-16-5-3-4-6-19(16)24-22(25)27;1-12-6-8-15(11-16(12)24-5)20-17(22)13-7-9-14(10-13)21-18(23)25-19(2,3)4/h3-7,9,12,15,18H,8,10-11,13H2,1-2H3,(H,23,26)(H,24,27);6,8,11,13-14H,7,9-10H2,1-5H3,(H,20,22)(H,21,23)/t15-,18+;13-,14+/m11/s1. The number of para-hydroxylation sites is 1. The maximum atomic E-state index is 12.7. The molecule has 0 unspecified atom stereocenters. The molecular formula is C41H53N5O7. The summed E-state index contributed by atoms with van der Waals surface area (Å²) in [6, 6.07) is 19.1. The molecule has 1 aliphatic heterocycles. The maximum Gasteiger partial charge on any atom is 0.407 e. The van der Waals surface area contributed by atoms with E-state index in [4.69, 9.17) is 14.2 Å². The number of alkyl carbamates (subject to hydrolysis) is 1. The molecule has 0 radical (unpaired) electrons. The van der Waals surface area contributed by atoms with E-state index in [0.717, 1.165) is 70.9 Å². The second-order valence-corrected chi connectivity index (χ2v) is 15.1. The van der Waals surface area contributed by atoms with Crippen LogP contribution in [0.5, 0.6) is 11.5 Å². The first-order chi connectivity index (χ1) is 25.2. The van der Waals surface area contributed by atoms with Crippen molar-refractivity contribution >= 4 is 41.0 Å². The molecule has 4 N–H and O–H groups in total. The highest BCUT2D eigenvalue weighted by Crippen LogP contribution is 2.35. The fraction of sp³-hybridized carbons (Fsp3) is 0.463. The van der Waals surface area contributed by atoms with E-state index in [1.165, 1.54) is 0 Å². The molecule has 2 aliphatic carbocycles. The normalized spacial score (nSPS) is 20.6. The zero-order valence-electron chi connectivity index (χ0n) is 31.8. The van der Waals surface area contributed by atoms with Gasteiger partial charge < -0.3 is 40.4 Å². The van der Waals surface area contributed by atoms with Gasteiger partial charge in [-0.1, -0.05) is 30.3 Å². The molecule has 4 atom stereocenters. The monoisotopic (exact) mass is 727 g/mol. The average molecular weight is 728 g/mol. The third-order valence-corrected chi connectivity index (χ3v) is 9.95. The minimum atomic E-state index is -0.524. The number of ether oxygens (including phenoxy) is 3. The van der Waals surface area contributed by atoms with Crippen LogP contribution in [0.15, 0.2) is 60.7 Å². The molecule has 3 aromatic carbocycles. The number of nitrogens with zero attached hydrogens (tertiary/aromatic N) is 1. The summed E-state index contributed by atoms with van der Waals surface area (Å²) >= 11 is 0. The molecule has 12 nitrogen and oxygen atoms in total. The number of anilines is 3. The van der Waals surface area contributed by atoms with E-state index in [0.29, 0.717) is 19.4 Å². The lowest BCUT2D eigenvalue weighted by atomic mass is 10.1. The topological polar surface area (TPSA) is 147 Å². The first-order valence-electron chi connectivity index (χ1n) is 18.3. The van der Waals surface area contributed by atoms with Crippen LogP contribution in [0.3, 0.4) is 0 Å². The van der Waals surface area contributed by atoms with Crippen molar-refractivity contribution in [1.82, 2.24) is 10.2 Å². The summed E-state index contributed by atoms with van der Waals surface area (Å²) < 4.78 is 15.9. The lowest BCUT2D eigenvalue weighted by Crippen LogP contribution is -2.44. The van der Waals surface area contributed by atoms with Gasteiger partial charge in [0.2, 0.25) is 11.8 Å². The van der Waals surface area contributed by atoms with Crippen molar-refractivity contribution in [2.45, 2.75) is 97.4 Å². The van der Waals surface area contributed by atoms with Crippen LogP contribution in [0.25, 0.3) is 0 Å². The number of amides is 5. The smallest absolute Gasteiger partial charge is 0.407 e. The highest BCUT2D eigenvalue weighted by atomic mass is 16.6. The molecule has 2 saturated carbocycles. The molecule has 0 spiro atoms. The van der Waals surface area contributed by atoms with Crippen LogP contribution >= 0.6 is 0 Å². The molecule has 3 aliphatic rings. The van der Waals surface area contributed by atoms with Gasteiger partial charge in [0.1, 0.15) is 17.1 Å². The lowest BCUT2D eigenvalue weighted by Gasteiger charge is -2.34. The van der Waals surface area contributed by atoms with Crippen molar-refractivity contribution in [3.05, 3.63) is 77.4 Å². The Labute approximate surface area is 312 Å². The summed E-state index contributed by atoms with van der Waals surface area (Å²) in [5, 5.41) is 11.7. The van der Waals surface area contributed by atoms with Crippen LogP contribution in [-0.4, -0.2) is 60.7 Å². The van der Waals surface area contributed by atoms with E-state index in [2.05, 4.69) is 21.3 Å². The van der Waals surface area contributed by atoms with Gasteiger partial charge in [-0.25, -0.2) is 9.59 Å². The van der Waals surface area contributed by atoms with Crippen molar-refractivity contribution in [1.29, 1.82) is 0 Å². The fourth-order valence-electron chi connectivity index (χ4n) is 7.11. The molecule has 0 saturated heterocycles. The van der Waals surface area contributed by atoms with E-state index in [1.54, 1.807) is 14.2 Å². The predicted molar refractivity (Wildman–Crippen MR) is 205 cm³/mol. The van der Waals surface area contributed by atoms with E-state index >= 15 is 0 Å². The van der Waals surface area contributed by atoms with Gasteiger partial charge in [-0.2, -0.15) is 0 Å². The number of hydrogen-bond acceptors (Lipinski definition) is 7. The Kier molecular flexibility index (Phi) is 12.5. The lowest BCUT2D eigenvalue weighted by molar-refractivity contribution is -0.120. The van der Waals surface area contributed by atoms with Crippen molar-refractivity contribution in [2.24, 2.45) is 11.8 Å². The van der Waals surface area contributed by atoms with Crippen LogP contribution < -0.4 is 30.7 Å².